The van der Waals surface area contributed by atoms with Crippen molar-refractivity contribution in [1.29, 1.82) is 0 Å². The fourth-order valence-electron chi connectivity index (χ4n) is 2.65. The molecule has 0 bridgehead atoms. The Bertz CT molecular complexity index is 504. The second-order valence-electron chi connectivity index (χ2n) is 5.96. The first kappa shape index (κ1) is 16.4. The predicted molar refractivity (Wildman–Crippen MR) is 78.2 cm³/mol. The molecule has 1 unspecified atom stereocenters. The Morgan fingerprint density at radius 2 is 2.05 bits per heavy atom. The number of carbonyl (C=O) groups is 2. The van der Waals surface area contributed by atoms with Crippen LogP contribution in [0, 0.1) is 5.92 Å². The summed E-state index contributed by atoms with van der Waals surface area (Å²) in [5, 5.41) is 24.6. The van der Waals surface area contributed by atoms with Gasteiger partial charge in [0.15, 0.2) is 0 Å². The molecule has 1 aliphatic carbocycles. The first-order valence-corrected chi connectivity index (χ1v) is 7.42. The van der Waals surface area contributed by atoms with Crippen LogP contribution in [0.1, 0.15) is 38.4 Å². The molecular weight excluding hydrogens is 288 g/mol. The third kappa shape index (κ3) is 4.24. The summed E-state index contributed by atoms with van der Waals surface area (Å²) in [6.45, 7) is 1.58. The van der Waals surface area contributed by atoms with Crippen LogP contribution in [0.2, 0.25) is 0 Å². The number of urea groups is 1. The summed E-state index contributed by atoms with van der Waals surface area (Å²) in [6, 6.07) is 2.92. The highest BCUT2D eigenvalue weighted by Gasteiger charge is 2.29. The monoisotopic (exact) mass is 310 g/mol. The number of nitrogens with one attached hydrogen (secondary N) is 2. The van der Waals surface area contributed by atoms with Gasteiger partial charge in [0.05, 0.1) is 18.7 Å². The minimum absolute atomic E-state index is 0.0239. The van der Waals surface area contributed by atoms with Crippen molar-refractivity contribution in [3.63, 3.8) is 0 Å². The average Bonchev–Trinajstić information content (AvgIpc) is 3.01. The van der Waals surface area contributed by atoms with Crippen LogP contribution < -0.4 is 10.6 Å². The predicted octanol–water partition coefficient (Wildman–Crippen LogP) is 1.43. The number of amides is 2. The van der Waals surface area contributed by atoms with Crippen molar-refractivity contribution >= 4 is 12.0 Å². The van der Waals surface area contributed by atoms with Gasteiger partial charge >= 0.3 is 12.0 Å². The molecule has 2 rings (SSSR count). The Labute approximate surface area is 128 Å². The van der Waals surface area contributed by atoms with Crippen LogP contribution in [0.3, 0.4) is 0 Å². The largest absolute Gasteiger partial charge is 0.481 e. The lowest BCUT2D eigenvalue weighted by Crippen LogP contribution is -2.47. The van der Waals surface area contributed by atoms with Gasteiger partial charge in [-0.1, -0.05) is 0 Å². The molecule has 0 aliphatic heterocycles. The SMILES string of the molecule is CC(O)(CNC(=O)NC1CCC(C(=O)O)CC1)c1ccco1. The molecule has 1 aromatic heterocycles. The van der Waals surface area contributed by atoms with Crippen LogP contribution in [0.15, 0.2) is 22.8 Å². The maximum absolute atomic E-state index is 11.9. The van der Waals surface area contributed by atoms with Gasteiger partial charge in [0.1, 0.15) is 11.4 Å². The van der Waals surface area contributed by atoms with Crippen molar-refractivity contribution < 1.29 is 24.2 Å². The molecule has 4 N–H and O–H groups in total. The standard InChI is InChI=1S/C15H22N2O5/c1-15(21,12-3-2-8-22-12)9-16-14(20)17-11-6-4-10(5-7-11)13(18)19/h2-3,8,10-11,21H,4-7,9H2,1H3,(H,18,19)(H2,16,17,20). The molecule has 0 saturated heterocycles. The summed E-state index contributed by atoms with van der Waals surface area (Å²) < 4.78 is 5.14. The molecule has 22 heavy (non-hydrogen) atoms. The number of hydrogen-bond donors (Lipinski definition) is 4. The van der Waals surface area contributed by atoms with Crippen LogP contribution in [0.4, 0.5) is 4.79 Å². The molecule has 2 amide bonds. The van der Waals surface area contributed by atoms with Gasteiger partial charge in [-0.2, -0.15) is 0 Å². The normalized spacial score (nSPS) is 24.3. The Morgan fingerprint density at radius 1 is 1.36 bits per heavy atom. The lowest BCUT2D eigenvalue weighted by molar-refractivity contribution is -0.142. The zero-order valence-electron chi connectivity index (χ0n) is 12.5. The van der Waals surface area contributed by atoms with Crippen LogP contribution in [-0.2, 0) is 10.4 Å². The van der Waals surface area contributed by atoms with E-state index in [-0.39, 0.29) is 24.5 Å². The molecule has 0 aromatic carbocycles. The van der Waals surface area contributed by atoms with E-state index in [0.717, 1.165) is 0 Å². The summed E-state index contributed by atoms with van der Waals surface area (Å²) in [5.74, 6) is -0.687. The van der Waals surface area contributed by atoms with Gasteiger partial charge in [-0.05, 0) is 44.7 Å². The van der Waals surface area contributed by atoms with E-state index in [1.54, 1.807) is 19.1 Å². The summed E-state index contributed by atoms with van der Waals surface area (Å²) in [5.41, 5.74) is -1.28. The highest BCUT2D eigenvalue weighted by atomic mass is 16.4. The van der Waals surface area contributed by atoms with Crippen LogP contribution >= 0.6 is 0 Å². The topological polar surface area (TPSA) is 112 Å². The van der Waals surface area contributed by atoms with Gasteiger partial charge in [-0.3, -0.25) is 4.79 Å². The van der Waals surface area contributed by atoms with Gasteiger partial charge in [-0.25, -0.2) is 4.79 Å². The molecule has 7 heteroatoms. The van der Waals surface area contributed by atoms with Crippen molar-refractivity contribution in [2.45, 2.75) is 44.2 Å². The van der Waals surface area contributed by atoms with Gasteiger partial charge in [-0.15, -0.1) is 0 Å². The maximum Gasteiger partial charge on any atom is 0.315 e. The van der Waals surface area contributed by atoms with E-state index in [2.05, 4.69) is 10.6 Å². The zero-order valence-corrected chi connectivity index (χ0v) is 12.5. The quantitative estimate of drug-likeness (QED) is 0.657. The molecule has 1 saturated carbocycles. The molecule has 7 nitrogen and oxygen atoms in total. The van der Waals surface area contributed by atoms with E-state index in [4.69, 9.17) is 9.52 Å². The van der Waals surface area contributed by atoms with Crippen molar-refractivity contribution in [2.24, 2.45) is 5.92 Å². The Morgan fingerprint density at radius 3 is 2.59 bits per heavy atom. The van der Waals surface area contributed by atoms with E-state index in [1.165, 1.54) is 6.26 Å². The molecule has 1 aliphatic rings. The molecular formula is C15H22N2O5. The Balaban J connectivity index is 1.74. The molecule has 0 radical (unpaired) electrons. The third-order valence-electron chi connectivity index (χ3n) is 4.06. The number of carboxylic acid groups (broad SMARTS) is 1. The zero-order chi connectivity index (χ0) is 16.2. The number of aliphatic carboxylic acids is 1. The van der Waals surface area contributed by atoms with Crippen molar-refractivity contribution in [3.8, 4) is 0 Å². The molecule has 1 fully saturated rings. The van der Waals surface area contributed by atoms with Crippen molar-refractivity contribution in [1.82, 2.24) is 10.6 Å². The summed E-state index contributed by atoms with van der Waals surface area (Å²) in [6.07, 6.45) is 3.91. The number of carbonyl (C=O) groups excluding carboxylic acids is 1. The summed E-state index contributed by atoms with van der Waals surface area (Å²) >= 11 is 0. The van der Waals surface area contributed by atoms with Gasteiger partial charge in [0, 0.05) is 6.04 Å². The summed E-state index contributed by atoms with van der Waals surface area (Å²) in [7, 11) is 0. The first-order valence-electron chi connectivity index (χ1n) is 7.42. The highest BCUT2D eigenvalue weighted by molar-refractivity contribution is 5.74. The van der Waals surface area contributed by atoms with Gasteiger partial charge < -0.3 is 25.3 Å². The lowest BCUT2D eigenvalue weighted by Gasteiger charge is -2.27. The number of furan rings is 1. The van der Waals surface area contributed by atoms with Crippen LogP contribution in [-0.4, -0.2) is 34.8 Å². The van der Waals surface area contributed by atoms with E-state index < -0.39 is 11.6 Å². The third-order valence-corrected chi connectivity index (χ3v) is 4.06. The van der Waals surface area contributed by atoms with Crippen LogP contribution in [0.5, 0.6) is 0 Å². The van der Waals surface area contributed by atoms with E-state index in [0.29, 0.717) is 31.4 Å². The minimum Gasteiger partial charge on any atom is -0.481 e. The number of aliphatic hydroxyl groups is 1. The van der Waals surface area contributed by atoms with Gasteiger partial charge in [0.2, 0.25) is 0 Å². The second kappa shape index (κ2) is 6.83. The van der Waals surface area contributed by atoms with E-state index >= 15 is 0 Å². The Kier molecular flexibility index (Phi) is 5.07. The van der Waals surface area contributed by atoms with Crippen molar-refractivity contribution in [3.05, 3.63) is 24.2 Å². The summed E-state index contributed by atoms with van der Waals surface area (Å²) in [4.78, 5) is 22.7. The molecule has 122 valence electrons. The first-order chi connectivity index (χ1) is 10.4. The fourth-order valence-corrected chi connectivity index (χ4v) is 2.65. The van der Waals surface area contributed by atoms with E-state index in [9.17, 15) is 14.7 Å². The second-order valence-corrected chi connectivity index (χ2v) is 5.96. The van der Waals surface area contributed by atoms with E-state index in [1.807, 2.05) is 0 Å². The number of rotatable bonds is 5. The minimum atomic E-state index is -1.28. The van der Waals surface area contributed by atoms with Crippen molar-refractivity contribution in [2.75, 3.05) is 6.54 Å². The molecule has 0 spiro atoms. The number of carboxylic acids is 1. The lowest BCUT2D eigenvalue weighted by atomic mass is 9.86. The van der Waals surface area contributed by atoms with Gasteiger partial charge in [0.25, 0.3) is 0 Å². The highest BCUT2D eigenvalue weighted by Crippen LogP contribution is 2.24. The molecule has 1 heterocycles. The fraction of sp³-hybridized carbons (Fsp3) is 0.600. The Hall–Kier alpha value is -2.02. The average molecular weight is 310 g/mol. The van der Waals surface area contributed by atoms with Crippen LogP contribution in [0.25, 0.3) is 0 Å². The number of hydrogen-bond acceptors (Lipinski definition) is 4. The molecule has 1 atom stereocenters. The maximum atomic E-state index is 11.9. The smallest absolute Gasteiger partial charge is 0.315 e. The molecule has 1 aromatic rings.